The number of aliphatic hydroxyl groups is 1. The lowest BCUT2D eigenvalue weighted by atomic mass is 10.2. The number of nitrogens with zero attached hydrogens (tertiary/aromatic N) is 2. The molecule has 1 unspecified atom stereocenters. The first-order valence-electron chi connectivity index (χ1n) is 5.27. The van der Waals surface area contributed by atoms with Gasteiger partial charge in [-0.15, -0.1) is 11.8 Å². The minimum absolute atomic E-state index is 0.195. The van der Waals surface area contributed by atoms with E-state index in [1.54, 1.807) is 11.8 Å². The fraction of sp³-hybridized carbons (Fsp3) is 0.600. The molecule has 6 heteroatoms. The Hall–Kier alpha value is -0.850. The molecule has 0 aliphatic rings. The Kier molecular flexibility index (Phi) is 5.51. The molecular weight excluding hydrogens is 224 g/mol. The molecule has 0 spiro atoms. The molecule has 0 bridgehead atoms. The lowest BCUT2D eigenvalue weighted by Crippen LogP contribution is -2.11. The molecule has 1 aromatic heterocycles. The van der Waals surface area contributed by atoms with Gasteiger partial charge in [0.1, 0.15) is 16.7 Å². The largest absolute Gasteiger partial charge is 0.396 e. The number of hydrogen-bond donors (Lipinski definition) is 3. The molecule has 1 aromatic rings. The van der Waals surface area contributed by atoms with Gasteiger partial charge in [-0.2, -0.15) is 0 Å². The maximum absolute atomic E-state index is 8.94. The van der Waals surface area contributed by atoms with E-state index in [2.05, 4.69) is 15.4 Å². The van der Waals surface area contributed by atoms with Crippen LogP contribution in [0.4, 0.5) is 5.82 Å². The molecule has 0 fully saturated rings. The third kappa shape index (κ3) is 3.96. The number of aromatic nitrogens is 2. The van der Waals surface area contributed by atoms with Gasteiger partial charge in [-0.3, -0.25) is 0 Å². The van der Waals surface area contributed by atoms with Crippen LogP contribution in [0.25, 0.3) is 0 Å². The van der Waals surface area contributed by atoms with Crippen molar-refractivity contribution in [2.24, 2.45) is 11.8 Å². The van der Waals surface area contributed by atoms with E-state index in [0.29, 0.717) is 5.82 Å². The van der Waals surface area contributed by atoms with Crippen LogP contribution in [0.5, 0.6) is 0 Å². The molecule has 1 heterocycles. The van der Waals surface area contributed by atoms with Crippen LogP contribution < -0.4 is 11.3 Å². The first kappa shape index (κ1) is 13.2. The van der Waals surface area contributed by atoms with Gasteiger partial charge < -0.3 is 10.5 Å². The van der Waals surface area contributed by atoms with Crippen LogP contribution in [0, 0.1) is 5.92 Å². The van der Waals surface area contributed by atoms with Crippen LogP contribution in [-0.2, 0) is 6.42 Å². The van der Waals surface area contributed by atoms with Crippen molar-refractivity contribution < 1.29 is 5.11 Å². The Bertz CT molecular complexity index is 312. The molecule has 16 heavy (non-hydrogen) atoms. The van der Waals surface area contributed by atoms with E-state index in [1.165, 1.54) is 0 Å². The zero-order valence-electron chi connectivity index (χ0n) is 9.60. The molecule has 4 N–H and O–H groups in total. The Morgan fingerprint density at radius 3 is 2.88 bits per heavy atom. The van der Waals surface area contributed by atoms with Crippen LogP contribution in [-0.4, -0.2) is 27.4 Å². The van der Waals surface area contributed by atoms with E-state index in [-0.39, 0.29) is 12.5 Å². The molecule has 0 saturated carbocycles. The SMILES string of the molecule is CCc1nc(NN)cc(SCC(C)CO)n1. The van der Waals surface area contributed by atoms with Gasteiger partial charge in [0.05, 0.1) is 0 Å². The van der Waals surface area contributed by atoms with E-state index in [0.717, 1.165) is 23.0 Å². The second-order valence-electron chi connectivity index (χ2n) is 3.60. The van der Waals surface area contributed by atoms with Crippen molar-refractivity contribution in [3.63, 3.8) is 0 Å². The Morgan fingerprint density at radius 1 is 1.56 bits per heavy atom. The Labute approximate surface area is 99.8 Å². The van der Waals surface area contributed by atoms with E-state index in [4.69, 9.17) is 10.9 Å². The summed E-state index contributed by atoms with van der Waals surface area (Å²) in [7, 11) is 0. The number of hydrogen-bond acceptors (Lipinski definition) is 6. The summed E-state index contributed by atoms with van der Waals surface area (Å²) in [5.41, 5.74) is 2.53. The molecule has 5 nitrogen and oxygen atoms in total. The maximum Gasteiger partial charge on any atom is 0.144 e. The van der Waals surface area contributed by atoms with Crippen molar-refractivity contribution in [3.8, 4) is 0 Å². The fourth-order valence-electron chi connectivity index (χ4n) is 1.06. The number of nitrogens with two attached hydrogens (primary N) is 1. The summed E-state index contributed by atoms with van der Waals surface area (Å²) in [5, 5.41) is 9.82. The van der Waals surface area contributed by atoms with Gasteiger partial charge in [-0.1, -0.05) is 13.8 Å². The average molecular weight is 242 g/mol. The van der Waals surface area contributed by atoms with E-state index in [1.807, 2.05) is 19.9 Å². The molecule has 0 amide bonds. The zero-order chi connectivity index (χ0) is 12.0. The van der Waals surface area contributed by atoms with E-state index < -0.39 is 0 Å². The summed E-state index contributed by atoms with van der Waals surface area (Å²) < 4.78 is 0. The monoisotopic (exact) mass is 242 g/mol. The minimum Gasteiger partial charge on any atom is -0.396 e. The number of hydrazine groups is 1. The number of anilines is 1. The smallest absolute Gasteiger partial charge is 0.144 e. The number of aryl methyl sites for hydroxylation is 1. The molecule has 1 atom stereocenters. The van der Waals surface area contributed by atoms with E-state index >= 15 is 0 Å². The van der Waals surface area contributed by atoms with Crippen LogP contribution in [0.3, 0.4) is 0 Å². The first-order chi connectivity index (χ1) is 7.69. The second-order valence-corrected chi connectivity index (χ2v) is 4.64. The van der Waals surface area contributed by atoms with Crippen LogP contribution >= 0.6 is 11.8 Å². The van der Waals surface area contributed by atoms with Gasteiger partial charge >= 0.3 is 0 Å². The summed E-state index contributed by atoms with van der Waals surface area (Å²) in [6.45, 7) is 4.19. The molecule has 0 radical (unpaired) electrons. The van der Waals surface area contributed by atoms with Gasteiger partial charge in [-0.05, 0) is 5.92 Å². The maximum atomic E-state index is 8.94. The van der Waals surface area contributed by atoms with Crippen molar-refractivity contribution in [1.82, 2.24) is 9.97 Å². The Morgan fingerprint density at radius 2 is 2.31 bits per heavy atom. The van der Waals surface area contributed by atoms with Crippen molar-refractivity contribution in [1.29, 1.82) is 0 Å². The van der Waals surface area contributed by atoms with Gasteiger partial charge in [0.2, 0.25) is 0 Å². The third-order valence-electron chi connectivity index (χ3n) is 2.04. The first-order valence-corrected chi connectivity index (χ1v) is 6.26. The van der Waals surface area contributed by atoms with Crippen LogP contribution in [0.1, 0.15) is 19.7 Å². The van der Waals surface area contributed by atoms with Crippen LogP contribution in [0.15, 0.2) is 11.1 Å². The summed E-state index contributed by atoms with van der Waals surface area (Å²) in [6.07, 6.45) is 0.776. The summed E-state index contributed by atoms with van der Waals surface area (Å²) in [6, 6.07) is 1.81. The second kappa shape index (κ2) is 6.67. The third-order valence-corrected chi connectivity index (χ3v) is 3.28. The fourth-order valence-corrected chi connectivity index (χ4v) is 1.98. The molecule has 90 valence electrons. The predicted molar refractivity (Wildman–Crippen MR) is 66.2 cm³/mol. The quantitative estimate of drug-likeness (QED) is 0.299. The predicted octanol–water partition coefficient (Wildman–Crippen LogP) is 1.05. The van der Waals surface area contributed by atoms with Crippen molar-refractivity contribution in [2.75, 3.05) is 17.8 Å². The lowest BCUT2D eigenvalue weighted by molar-refractivity contribution is 0.250. The highest BCUT2D eigenvalue weighted by molar-refractivity contribution is 7.99. The van der Waals surface area contributed by atoms with Crippen molar-refractivity contribution >= 4 is 17.6 Å². The number of rotatable bonds is 6. The highest BCUT2D eigenvalue weighted by Gasteiger charge is 2.06. The summed E-state index contributed by atoms with van der Waals surface area (Å²) in [5.74, 6) is 7.84. The topological polar surface area (TPSA) is 84.1 Å². The van der Waals surface area contributed by atoms with Crippen LogP contribution in [0.2, 0.25) is 0 Å². The van der Waals surface area contributed by atoms with Gasteiger partial charge in [0.15, 0.2) is 0 Å². The van der Waals surface area contributed by atoms with Crippen molar-refractivity contribution in [2.45, 2.75) is 25.3 Å². The number of nitrogen functional groups attached to an aromatic ring is 1. The molecule has 0 aliphatic heterocycles. The van der Waals surface area contributed by atoms with Crippen molar-refractivity contribution in [3.05, 3.63) is 11.9 Å². The highest BCUT2D eigenvalue weighted by Crippen LogP contribution is 2.20. The number of aliphatic hydroxyl groups excluding tert-OH is 1. The molecule has 1 rings (SSSR count). The zero-order valence-corrected chi connectivity index (χ0v) is 10.4. The molecule has 0 aromatic carbocycles. The van der Waals surface area contributed by atoms with Gasteiger partial charge in [0.25, 0.3) is 0 Å². The summed E-state index contributed by atoms with van der Waals surface area (Å²) in [4.78, 5) is 8.59. The minimum atomic E-state index is 0.195. The average Bonchev–Trinajstić information content (AvgIpc) is 2.35. The standard InChI is InChI=1S/C10H18N4OS/c1-3-8-12-9(14-11)4-10(13-8)16-6-7(2)5-15/h4,7,15H,3,5-6,11H2,1-2H3,(H,12,13,14). The van der Waals surface area contributed by atoms with Gasteiger partial charge in [-0.25, -0.2) is 15.8 Å². The van der Waals surface area contributed by atoms with E-state index in [9.17, 15) is 0 Å². The molecular formula is C10H18N4OS. The number of thioether (sulfide) groups is 1. The highest BCUT2D eigenvalue weighted by atomic mass is 32.2. The molecule has 0 aliphatic carbocycles. The molecule has 0 saturated heterocycles. The lowest BCUT2D eigenvalue weighted by Gasteiger charge is -2.08. The number of nitrogens with one attached hydrogen (secondary N) is 1. The summed E-state index contributed by atoms with van der Waals surface area (Å²) >= 11 is 1.61. The Balaban J connectivity index is 2.71. The van der Waals surface area contributed by atoms with Gasteiger partial charge in [0, 0.05) is 24.8 Å². The normalized spacial score (nSPS) is 12.5.